The Morgan fingerprint density at radius 3 is 1.81 bits per heavy atom. The number of halogens is 6. The second kappa shape index (κ2) is 3.30. The van der Waals surface area contributed by atoms with E-state index in [0.29, 0.717) is 0 Å². The van der Waals surface area contributed by atoms with Crippen molar-refractivity contribution in [1.82, 2.24) is 0 Å². The Morgan fingerprint density at radius 2 is 1.56 bits per heavy atom. The van der Waals surface area contributed by atoms with Gasteiger partial charge >= 0.3 is 11.8 Å². The monoisotopic (exact) mass is 248 g/mol. The Balaban J connectivity index is 3.15. The molecule has 0 aromatic heterocycles. The SMILES string of the molecule is CC(C)(C)OC1=C(F)C(F)(F)C(F)(F)C1F. The first-order chi connectivity index (χ1) is 6.91. The van der Waals surface area contributed by atoms with Gasteiger partial charge in [0.15, 0.2) is 5.76 Å². The van der Waals surface area contributed by atoms with Gasteiger partial charge in [0.05, 0.1) is 0 Å². The molecule has 0 radical (unpaired) electrons. The van der Waals surface area contributed by atoms with Crippen molar-refractivity contribution in [1.29, 1.82) is 0 Å². The summed E-state index contributed by atoms with van der Waals surface area (Å²) in [5, 5.41) is 0. The number of rotatable bonds is 1. The molecule has 94 valence electrons. The summed E-state index contributed by atoms with van der Waals surface area (Å²) in [6.07, 6.45) is -3.47. The highest BCUT2D eigenvalue weighted by Crippen LogP contribution is 2.53. The van der Waals surface area contributed by atoms with Gasteiger partial charge in [-0.05, 0) is 20.8 Å². The van der Waals surface area contributed by atoms with Crippen LogP contribution in [0.4, 0.5) is 26.3 Å². The van der Waals surface area contributed by atoms with Crippen LogP contribution in [-0.2, 0) is 4.74 Å². The third-order valence-electron chi connectivity index (χ3n) is 1.88. The summed E-state index contributed by atoms with van der Waals surface area (Å²) in [7, 11) is 0. The number of ether oxygens (including phenoxy) is 1. The van der Waals surface area contributed by atoms with Gasteiger partial charge in [-0.1, -0.05) is 0 Å². The predicted molar refractivity (Wildman–Crippen MR) is 43.8 cm³/mol. The summed E-state index contributed by atoms with van der Waals surface area (Å²) in [4.78, 5) is 0. The molecule has 1 atom stereocenters. The molecule has 1 nitrogen and oxygen atoms in total. The molecule has 0 aromatic rings. The van der Waals surface area contributed by atoms with Crippen molar-refractivity contribution < 1.29 is 31.1 Å². The molecule has 0 aromatic carbocycles. The molecular formula is C9H10F6O. The lowest BCUT2D eigenvalue weighted by molar-refractivity contribution is -0.206. The van der Waals surface area contributed by atoms with Crippen LogP contribution in [0.1, 0.15) is 20.8 Å². The van der Waals surface area contributed by atoms with Gasteiger partial charge in [-0.2, -0.15) is 17.6 Å². The Morgan fingerprint density at radius 1 is 1.12 bits per heavy atom. The van der Waals surface area contributed by atoms with Gasteiger partial charge < -0.3 is 4.74 Å². The maximum atomic E-state index is 13.0. The number of allylic oxidation sites excluding steroid dienone is 2. The van der Waals surface area contributed by atoms with E-state index in [1.807, 2.05) is 0 Å². The Bertz CT molecular complexity index is 327. The lowest BCUT2D eigenvalue weighted by atomic mass is 10.2. The number of alkyl halides is 5. The maximum absolute atomic E-state index is 13.0. The van der Waals surface area contributed by atoms with Crippen LogP contribution in [-0.4, -0.2) is 23.6 Å². The third-order valence-corrected chi connectivity index (χ3v) is 1.88. The summed E-state index contributed by atoms with van der Waals surface area (Å²) in [5.41, 5.74) is -1.24. The topological polar surface area (TPSA) is 9.23 Å². The van der Waals surface area contributed by atoms with Crippen LogP contribution < -0.4 is 0 Å². The van der Waals surface area contributed by atoms with Gasteiger partial charge in [0.25, 0.3) is 0 Å². The first-order valence-electron chi connectivity index (χ1n) is 4.40. The zero-order valence-electron chi connectivity index (χ0n) is 8.75. The molecular weight excluding hydrogens is 238 g/mol. The molecule has 0 fully saturated rings. The molecule has 0 N–H and O–H groups in total. The maximum Gasteiger partial charge on any atom is 0.367 e. The van der Waals surface area contributed by atoms with Crippen molar-refractivity contribution in [2.24, 2.45) is 0 Å². The molecule has 0 heterocycles. The van der Waals surface area contributed by atoms with Crippen molar-refractivity contribution >= 4 is 0 Å². The van der Waals surface area contributed by atoms with Crippen molar-refractivity contribution in [2.45, 2.75) is 44.4 Å². The van der Waals surface area contributed by atoms with Crippen LogP contribution in [0.15, 0.2) is 11.6 Å². The molecule has 1 aliphatic rings. The van der Waals surface area contributed by atoms with Gasteiger partial charge in [-0.25, -0.2) is 8.78 Å². The summed E-state index contributed by atoms with van der Waals surface area (Å²) < 4.78 is 81.2. The van der Waals surface area contributed by atoms with Gasteiger partial charge in [0.2, 0.25) is 12.0 Å². The number of hydrogen-bond donors (Lipinski definition) is 0. The van der Waals surface area contributed by atoms with E-state index < -0.39 is 35.2 Å². The minimum absolute atomic E-state index is 1.24. The molecule has 0 aliphatic heterocycles. The Hall–Kier alpha value is -0.880. The van der Waals surface area contributed by atoms with Gasteiger partial charge in [-0.3, -0.25) is 0 Å². The van der Waals surface area contributed by atoms with E-state index in [1.54, 1.807) is 0 Å². The zero-order chi connectivity index (χ0) is 12.9. The first kappa shape index (κ1) is 13.2. The molecule has 0 spiro atoms. The zero-order valence-corrected chi connectivity index (χ0v) is 8.75. The highest BCUT2D eigenvalue weighted by Gasteiger charge is 2.73. The summed E-state index contributed by atoms with van der Waals surface area (Å²) >= 11 is 0. The van der Waals surface area contributed by atoms with Crippen molar-refractivity contribution in [3.63, 3.8) is 0 Å². The lowest BCUT2D eigenvalue weighted by Gasteiger charge is -2.24. The minimum atomic E-state index is -5.16. The molecule has 0 saturated heterocycles. The fraction of sp³-hybridized carbons (Fsp3) is 0.778. The van der Waals surface area contributed by atoms with Crippen LogP contribution in [0.25, 0.3) is 0 Å². The van der Waals surface area contributed by atoms with E-state index in [9.17, 15) is 26.3 Å². The third kappa shape index (κ3) is 1.76. The van der Waals surface area contributed by atoms with Crippen molar-refractivity contribution in [3.8, 4) is 0 Å². The number of hydrogen-bond acceptors (Lipinski definition) is 1. The van der Waals surface area contributed by atoms with E-state index in [2.05, 4.69) is 4.74 Å². The van der Waals surface area contributed by atoms with E-state index in [0.717, 1.165) is 0 Å². The molecule has 0 saturated carbocycles. The van der Waals surface area contributed by atoms with Gasteiger partial charge in [0, 0.05) is 0 Å². The average molecular weight is 248 g/mol. The fourth-order valence-corrected chi connectivity index (χ4v) is 1.16. The predicted octanol–water partition coefficient (Wildman–Crippen LogP) is 3.60. The highest BCUT2D eigenvalue weighted by atomic mass is 19.3. The van der Waals surface area contributed by atoms with Crippen LogP contribution in [0.2, 0.25) is 0 Å². The van der Waals surface area contributed by atoms with E-state index >= 15 is 0 Å². The standard InChI is InChI=1S/C9H10F6O/c1-7(2,3)16-4-5(10)8(12,13)9(14,15)6(4)11/h5H,1-3H3. The second-order valence-corrected chi connectivity index (χ2v) is 4.45. The summed E-state index contributed by atoms with van der Waals surface area (Å²) in [5.74, 6) is -14.4. The Labute approximate surface area is 88.1 Å². The van der Waals surface area contributed by atoms with Crippen LogP contribution in [0.5, 0.6) is 0 Å². The smallest absolute Gasteiger partial charge is 0.367 e. The molecule has 1 unspecified atom stereocenters. The average Bonchev–Trinajstić information content (AvgIpc) is 2.17. The van der Waals surface area contributed by atoms with Gasteiger partial charge in [0.1, 0.15) is 5.60 Å². The Kier molecular flexibility index (Phi) is 2.72. The molecule has 16 heavy (non-hydrogen) atoms. The molecule has 1 rings (SSSR count). The molecule has 7 heteroatoms. The molecule has 1 aliphatic carbocycles. The van der Waals surface area contributed by atoms with E-state index in [4.69, 9.17) is 0 Å². The van der Waals surface area contributed by atoms with Gasteiger partial charge in [-0.15, -0.1) is 0 Å². The van der Waals surface area contributed by atoms with Crippen molar-refractivity contribution in [2.75, 3.05) is 0 Å². The normalized spacial score (nSPS) is 28.4. The van der Waals surface area contributed by atoms with Crippen LogP contribution in [0, 0.1) is 0 Å². The van der Waals surface area contributed by atoms with Crippen molar-refractivity contribution in [3.05, 3.63) is 11.6 Å². The first-order valence-corrected chi connectivity index (χ1v) is 4.40. The lowest BCUT2D eigenvalue weighted by Crippen LogP contribution is -2.43. The van der Waals surface area contributed by atoms with E-state index in [1.165, 1.54) is 20.8 Å². The summed E-state index contributed by atoms with van der Waals surface area (Å²) in [6.45, 7) is 3.90. The largest absolute Gasteiger partial charge is 0.486 e. The van der Waals surface area contributed by atoms with Crippen LogP contribution >= 0.6 is 0 Å². The highest BCUT2D eigenvalue weighted by molar-refractivity contribution is 5.30. The quantitative estimate of drug-likeness (QED) is 0.644. The summed E-state index contributed by atoms with van der Waals surface area (Å²) in [6, 6.07) is 0. The minimum Gasteiger partial charge on any atom is -0.486 e. The fourth-order valence-electron chi connectivity index (χ4n) is 1.16. The second-order valence-electron chi connectivity index (χ2n) is 4.45. The molecule has 0 amide bonds. The molecule has 0 bridgehead atoms. The van der Waals surface area contributed by atoms with E-state index in [-0.39, 0.29) is 0 Å². The van der Waals surface area contributed by atoms with Crippen LogP contribution in [0.3, 0.4) is 0 Å².